The molecule has 2 heterocycles. The minimum atomic E-state index is -0.448. The van der Waals surface area contributed by atoms with Crippen LogP contribution in [0.2, 0.25) is 0 Å². The summed E-state index contributed by atoms with van der Waals surface area (Å²) in [6, 6.07) is 4.66. The maximum Gasteiger partial charge on any atom is 0.294 e. The van der Waals surface area contributed by atoms with Crippen molar-refractivity contribution < 1.29 is 19.6 Å². The van der Waals surface area contributed by atoms with Crippen LogP contribution in [-0.4, -0.2) is 66.1 Å². The van der Waals surface area contributed by atoms with E-state index in [9.17, 15) is 19.7 Å². The van der Waals surface area contributed by atoms with Crippen LogP contribution in [0.5, 0.6) is 0 Å². The van der Waals surface area contributed by atoms with Gasteiger partial charge >= 0.3 is 0 Å². The zero-order valence-corrected chi connectivity index (χ0v) is 16.5. The first-order chi connectivity index (χ1) is 14.5. The molecular weight excluding hydrogens is 388 g/mol. The number of carbonyl (C=O) groups excluding carboxylic acids is 2. The monoisotopic (exact) mass is 412 g/mol. The largest absolute Gasteiger partial charge is 0.395 e. The number of amides is 2. The minimum Gasteiger partial charge on any atom is -0.395 e. The quantitative estimate of drug-likeness (QED) is 0.333. The highest BCUT2D eigenvalue weighted by atomic mass is 16.6. The van der Waals surface area contributed by atoms with Gasteiger partial charge in [0.1, 0.15) is 5.69 Å². The standard InChI is InChI=1S/C21H24N4O5/c26-10-9-22-5-7-23(8-6-22)16-4-3-15(12-17(16)25(29)30)24-20(27)18-13-1-2-14(11-13)19(18)21(24)28/h1-4,12-14,18-19,26H,5-11H2. The molecular formula is C21H24N4O5. The summed E-state index contributed by atoms with van der Waals surface area (Å²) in [5, 5.41) is 20.9. The molecule has 1 aromatic rings. The van der Waals surface area contributed by atoms with E-state index in [0.29, 0.717) is 38.4 Å². The Hall–Kier alpha value is -2.78. The molecule has 9 nitrogen and oxygen atoms in total. The maximum atomic E-state index is 13.0. The fraction of sp³-hybridized carbons (Fsp3) is 0.524. The third-order valence-corrected chi connectivity index (χ3v) is 7.01. The normalized spacial score (nSPS) is 30.4. The zero-order chi connectivity index (χ0) is 21.0. The highest BCUT2D eigenvalue weighted by Gasteiger charge is 2.59. The molecule has 4 unspecified atom stereocenters. The van der Waals surface area contributed by atoms with Crippen LogP contribution >= 0.6 is 0 Å². The van der Waals surface area contributed by atoms with Crippen LogP contribution in [-0.2, 0) is 9.59 Å². The second-order valence-electron chi connectivity index (χ2n) is 8.49. The van der Waals surface area contributed by atoms with E-state index >= 15 is 0 Å². The van der Waals surface area contributed by atoms with Gasteiger partial charge in [0, 0.05) is 38.8 Å². The molecule has 3 fully saturated rings. The number of piperazine rings is 1. The van der Waals surface area contributed by atoms with E-state index in [0.717, 1.165) is 11.3 Å². The molecule has 1 aromatic carbocycles. The summed E-state index contributed by atoms with van der Waals surface area (Å²) < 4.78 is 0. The van der Waals surface area contributed by atoms with Crippen molar-refractivity contribution in [3.05, 3.63) is 40.5 Å². The van der Waals surface area contributed by atoms with E-state index in [-0.39, 0.29) is 53.5 Å². The van der Waals surface area contributed by atoms with Gasteiger partial charge in [0.15, 0.2) is 0 Å². The van der Waals surface area contributed by atoms with E-state index in [1.165, 1.54) is 6.07 Å². The molecule has 9 heteroatoms. The van der Waals surface area contributed by atoms with Crippen molar-refractivity contribution in [1.29, 1.82) is 0 Å². The predicted molar refractivity (Wildman–Crippen MR) is 109 cm³/mol. The van der Waals surface area contributed by atoms with Crippen molar-refractivity contribution in [3.8, 4) is 0 Å². The lowest BCUT2D eigenvalue weighted by Crippen LogP contribution is -2.47. The molecule has 4 aliphatic rings. The summed E-state index contributed by atoms with van der Waals surface area (Å²) >= 11 is 0. The fourth-order valence-electron chi connectivity index (χ4n) is 5.58. The van der Waals surface area contributed by atoms with Crippen LogP contribution < -0.4 is 9.80 Å². The number of imide groups is 1. The molecule has 5 rings (SSSR count). The van der Waals surface area contributed by atoms with E-state index in [2.05, 4.69) is 4.90 Å². The van der Waals surface area contributed by atoms with Gasteiger partial charge in [-0.2, -0.15) is 0 Å². The van der Waals surface area contributed by atoms with Crippen molar-refractivity contribution in [3.63, 3.8) is 0 Å². The number of aliphatic hydroxyl groups excluding tert-OH is 1. The number of carbonyl (C=O) groups is 2. The number of hydrogen-bond acceptors (Lipinski definition) is 7. The number of nitrogens with zero attached hydrogens (tertiary/aromatic N) is 4. The molecule has 2 aliphatic heterocycles. The lowest BCUT2D eigenvalue weighted by atomic mass is 9.85. The topological polar surface area (TPSA) is 107 Å². The average Bonchev–Trinajstić information content (AvgIpc) is 3.42. The number of allylic oxidation sites excluding steroid dienone is 2. The minimum absolute atomic E-state index is 0.0892. The summed E-state index contributed by atoms with van der Waals surface area (Å²) in [4.78, 5) is 42.6. The molecule has 0 radical (unpaired) electrons. The molecule has 4 atom stereocenters. The van der Waals surface area contributed by atoms with Gasteiger partial charge in [0.05, 0.1) is 29.1 Å². The summed E-state index contributed by atoms with van der Waals surface area (Å²) in [5.74, 6) is -0.920. The Balaban J connectivity index is 1.42. The third kappa shape index (κ3) is 2.84. The van der Waals surface area contributed by atoms with Gasteiger partial charge in [-0.3, -0.25) is 24.6 Å². The van der Waals surface area contributed by atoms with Crippen LogP contribution in [0, 0.1) is 33.8 Å². The van der Waals surface area contributed by atoms with Crippen molar-refractivity contribution in [1.82, 2.24) is 4.90 Å². The van der Waals surface area contributed by atoms with Crippen molar-refractivity contribution in [2.24, 2.45) is 23.7 Å². The number of anilines is 2. The van der Waals surface area contributed by atoms with E-state index in [1.54, 1.807) is 12.1 Å². The van der Waals surface area contributed by atoms with E-state index in [4.69, 9.17) is 5.11 Å². The molecule has 30 heavy (non-hydrogen) atoms. The van der Waals surface area contributed by atoms with E-state index < -0.39 is 4.92 Å². The molecule has 2 saturated heterocycles. The number of rotatable bonds is 5. The van der Waals surface area contributed by atoms with Crippen LogP contribution in [0.15, 0.2) is 30.4 Å². The first-order valence-electron chi connectivity index (χ1n) is 10.4. The van der Waals surface area contributed by atoms with Crippen LogP contribution in [0.1, 0.15) is 6.42 Å². The maximum absolute atomic E-state index is 13.0. The number of benzene rings is 1. The van der Waals surface area contributed by atoms with Gasteiger partial charge in [0.2, 0.25) is 11.8 Å². The number of aliphatic hydroxyl groups is 1. The van der Waals surface area contributed by atoms with Gasteiger partial charge in [0.25, 0.3) is 5.69 Å². The van der Waals surface area contributed by atoms with Crippen LogP contribution in [0.3, 0.4) is 0 Å². The Morgan fingerprint density at radius 1 is 1.03 bits per heavy atom. The number of hydrogen-bond donors (Lipinski definition) is 1. The summed E-state index contributed by atoms with van der Waals surface area (Å²) in [7, 11) is 0. The second kappa shape index (κ2) is 7.17. The van der Waals surface area contributed by atoms with Gasteiger partial charge in [-0.1, -0.05) is 12.2 Å². The first-order valence-corrected chi connectivity index (χ1v) is 10.4. The summed E-state index contributed by atoms with van der Waals surface area (Å²) in [5.41, 5.74) is 0.684. The molecule has 158 valence electrons. The number of fused-ring (bicyclic) bond motifs is 5. The second-order valence-corrected chi connectivity index (χ2v) is 8.49. The predicted octanol–water partition coefficient (Wildman–Crippen LogP) is 1.02. The summed E-state index contributed by atoms with van der Waals surface area (Å²) in [6.45, 7) is 3.32. The van der Waals surface area contributed by atoms with Crippen molar-refractivity contribution >= 4 is 28.9 Å². The molecule has 2 amide bonds. The Labute approximate surface area is 173 Å². The lowest BCUT2D eigenvalue weighted by molar-refractivity contribution is -0.384. The van der Waals surface area contributed by atoms with Crippen molar-refractivity contribution in [2.75, 3.05) is 49.1 Å². The number of β-amino-alcohol motifs (C(OH)–C–C–N with tert-alkyl or cyclic N) is 1. The Bertz CT molecular complexity index is 909. The van der Waals surface area contributed by atoms with Crippen LogP contribution in [0.25, 0.3) is 0 Å². The Morgan fingerprint density at radius 3 is 2.23 bits per heavy atom. The highest BCUT2D eigenvalue weighted by molar-refractivity contribution is 6.23. The zero-order valence-electron chi connectivity index (χ0n) is 16.5. The number of nitro benzene ring substituents is 1. The highest BCUT2D eigenvalue weighted by Crippen LogP contribution is 2.53. The van der Waals surface area contributed by atoms with Gasteiger partial charge in [-0.05, 0) is 30.4 Å². The SMILES string of the molecule is O=C1C2C3C=CC(C3)C2C(=O)N1c1ccc(N2CCN(CCO)CC2)c([N+](=O)[O-])c1. The van der Waals surface area contributed by atoms with Crippen LogP contribution in [0.4, 0.5) is 17.1 Å². The Kier molecular flexibility index (Phi) is 4.59. The molecule has 1 saturated carbocycles. The van der Waals surface area contributed by atoms with Gasteiger partial charge in [-0.15, -0.1) is 0 Å². The van der Waals surface area contributed by atoms with Gasteiger partial charge < -0.3 is 10.0 Å². The van der Waals surface area contributed by atoms with Crippen molar-refractivity contribution in [2.45, 2.75) is 6.42 Å². The average molecular weight is 412 g/mol. The first kappa shape index (κ1) is 19.2. The molecule has 0 aromatic heterocycles. The molecule has 1 N–H and O–H groups in total. The molecule has 0 spiro atoms. The van der Waals surface area contributed by atoms with Gasteiger partial charge in [-0.25, -0.2) is 4.90 Å². The Morgan fingerprint density at radius 2 is 1.67 bits per heavy atom. The van der Waals surface area contributed by atoms with E-state index in [1.807, 2.05) is 17.1 Å². The molecule has 2 bridgehead atoms. The molecule has 2 aliphatic carbocycles. The fourth-order valence-corrected chi connectivity index (χ4v) is 5.58. The number of nitro groups is 1. The third-order valence-electron chi connectivity index (χ3n) is 7.01. The lowest BCUT2D eigenvalue weighted by Gasteiger charge is -2.35. The smallest absolute Gasteiger partial charge is 0.294 e. The summed E-state index contributed by atoms with van der Waals surface area (Å²) in [6.07, 6.45) is 4.91.